The molecule has 3 rings (SSSR count). The fourth-order valence-electron chi connectivity index (χ4n) is 2.49. The summed E-state index contributed by atoms with van der Waals surface area (Å²) in [7, 11) is 0. The van der Waals surface area contributed by atoms with Crippen molar-refractivity contribution in [3.05, 3.63) is 95.0 Å². The first-order valence-corrected chi connectivity index (χ1v) is 9.09. The van der Waals surface area contributed by atoms with E-state index in [1.807, 2.05) is 6.07 Å². The zero-order valence-electron chi connectivity index (χ0n) is 15.2. The average molecular weight is 409 g/mol. The van der Waals surface area contributed by atoms with Crippen molar-refractivity contribution in [2.24, 2.45) is 0 Å². The van der Waals surface area contributed by atoms with Gasteiger partial charge in [0.2, 0.25) is 0 Å². The topological polar surface area (TPSA) is 84.5 Å². The van der Waals surface area contributed by atoms with Crippen LogP contribution in [0.25, 0.3) is 0 Å². The zero-order valence-corrected chi connectivity index (χ0v) is 16.0. The Labute approximate surface area is 172 Å². The first-order chi connectivity index (χ1) is 14.0. The second kappa shape index (κ2) is 9.52. The lowest BCUT2D eigenvalue weighted by Gasteiger charge is -2.11. The molecule has 0 radical (unpaired) electrons. The number of ether oxygens (including phenoxy) is 1. The Hall–Kier alpha value is -3.64. The molecule has 3 aromatic rings. The molecule has 3 aromatic carbocycles. The Balaban J connectivity index is 1.63. The van der Waals surface area contributed by atoms with Gasteiger partial charge in [-0.1, -0.05) is 41.9 Å². The van der Waals surface area contributed by atoms with Crippen LogP contribution < -0.4 is 10.6 Å². The van der Waals surface area contributed by atoms with E-state index in [0.29, 0.717) is 16.3 Å². The van der Waals surface area contributed by atoms with E-state index in [9.17, 15) is 14.4 Å². The van der Waals surface area contributed by atoms with Gasteiger partial charge in [-0.15, -0.1) is 0 Å². The summed E-state index contributed by atoms with van der Waals surface area (Å²) in [6, 6.07) is 21.6. The second-order valence-electron chi connectivity index (χ2n) is 6.00. The van der Waals surface area contributed by atoms with Crippen molar-refractivity contribution < 1.29 is 19.1 Å². The summed E-state index contributed by atoms with van der Waals surface area (Å²) in [6.45, 7) is -0.451. The van der Waals surface area contributed by atoms with Crippen LogP contribution in [0.2, 0.25) is 5.02 Å². The number of para-hydroxylation sites is 2. The van der Waals surface area contributed by atoms with Crippen LogP contribution in [-0.2, 0) is 9.53 Å². The minimum Gasteiger partial charge on any atom is -0.452 e. The Morgan fingerprint density at radius 2 is 1.45 bits per heavy atom. The van der Waals surface area contributed by atoms with Gasteiger partial charge in [0, 0.05) is 16.3 Å². The number of hydrogen-bond acceptors (Lipinski definition) is 4. The molecule has 0 fully saturated rings. The highest BCUT2D eigenvalue weighted by Crippen LogP contribution is 2.18. The van der Waals surface area contributed by atoms with Crippen molar-refractivity contribution in [3.63, 3.8) is 0 Å². The SMILES string of the molecule is O=C(COC(=O)c1ccccc1NC(=O)c1ccc(Cl)cc1)Nc1ccccc1. The molecule has 0 spiro atoms. The minimum absolute atomic E-state index is 0.141. The van der Waals surface area contributed by atoms with Crippen LogP contribution >= 0.6 is 11.6 Å². The molecule has 0 atom stereocenters. The van der Waals surface area contributed by atoms with Crippen LogP contribution in [0, 0.1) is 0 Å². The highest BCUT2D eigenvalue weighted by molar-refractivity contribution is 6.30. The molecule has 29 heavy (non-hydrogen) atoms. The fraction of sp³-hybridized carbons (Fsp3) is 0.0455. The van der Waals surface area contributed by atoms with E-state index < -0.39 is 24.4 Å². The molecule has 0 aliphatic heterocycles. The molecule has 2 N–H and O–H groups in total. The first-order valence-electron chi connectivity index (χ1n) is 8.71. The number of halogens is 1. The molecule has 0 heterocycles. The lowest BCUT2D eigenvalue weighted by Crippen LogP contribution is -2.22. The quantitative estimate of drug-likeness (QED) is 0.592. The van der Waals surface area contributed by atoms with Crippen molar-refractivity contribution in [2.45, 2.75) is 0 Å². The molecule has 0 bridgehead atoms. The van der Waals surface area contributed by atoms with Gasteiger partial charge in [0.1, 0.15) is 0 Å². The number of nitrogens with one attached hydrogen (secondary N) is 2. The molecule has 0 aliphatic carbocycles. The molecule has 0 aliphatic rings. The van der Waals surface area contributed by atoms with Gasteiger partial charge in [-0.2, -0.15) is 0 Å². The number of benzene rings is 3. The van der Waals surface area contributed by atoms with Gasteiger partial charge in [-0.3, -0.25) is 9.59 Å². The minimum atomic E-state index is -0.722. The van der Waals surface area contributed by atoms with Crippen LogP contribution in [0.15, 0.2) is 78.9 Å². The molecule has 0 aromatic heterocycles. The Bertz CT molecular complexity index is 1020. The predicted octanol–water partition coefficient (Wildman–Crippen LogP) is 4.39. The van der Waals surface area contributed by atoms with Crippen LogP contribution in [0.5, 0.6) is 0 Å². The number of esters is 1. The lowest BCUT2D eigenvalue weighted by atomic mass is 10.1. The summed E-state index contributed by atoms with van der Waals surface area (Å²) in [6.07, 6.45) is 0. The third-order valence-corrected chi connectivity index (χ3v) is 4.15. The first kappa shape index (κ1) is 20.1. The molecular weight excluding hydrogens is 392 g/mol. The smallest absolute Gasteiger partial charge is 0.340 e. The molecule has 0 saturated carbocycles. The summed E-state index contributed by atoms with van der Waals surface area (Å²) in [5, 5.41) is 5.81. The number of hydrogen-bond donors (Lipinski definition) is 2. The Kier molecular flexibility index (Phi) is 6.60. The second-order valence-corrected chi connectivity index (χ2v) is 6.43. The number of amides is 2. The maximum Gasteiger partial charge on any atom is 0.340 e. The summed E-state index contributed by atoms with van der Waals surface area (Å²) in [5.41, 5.74) is 1.41. The molecule has 146 valence electrons. The standard InChI is InChI=1S/C22H17ClN2O4/c23-16-12-10-15(11-13-16)21(27)25-19-9-5-4-8-18(19)22(28)29-14-20(26)24-17-6-2-1-3-7-17/h1-13H,14H2,(H,24,26)(H,25,27). The Morgan fingerprint density at radius 1 is 0.793 bits per heavy atom. The van der Waals surface area contributed by atoms with Crippen LogP contribution in [0.4, 0.5) is 11.4 Å². The van der Waals surface area contributed by atoms with Gasteiger partial charge in [-0.05, 0) is 48.5 Å². The van der Waals surface area contributed by atoms with E-state index in [4.69, 9.17) is 16.3 Å². The fourth-order valence-corrected chi connectivity index (χ4v) is 2.62. The molecule has 0 saturated heterocycles. The predicted molar refractivity (Wildman–Crippen MR) is 111 cm³/mol. The van der Waals surface area contributed by atoms with Crippen molar-refractivity contribution in [2.75, 3.05) is 17.2 Å². The maximum absolute atomic E-state index is 12.4. The summed E-state index contributed by atoms with van der Waals surface area (Å²) in [4.78, 5) is 36.8. The zero-order chi connectivity index (χ0) is 20.6. The highest BCUT2D eigenvalue weighted by Gasteiger charge is 2.16. The monoisotopic (exact) mass is 408 g/mol. The normalized spacial score (nSPS) is 10.1. The average Bonchev–Trinajstić information content (AvgIpc) is 2.73. The van der Waals surface area contributed by atoms with Gasteiger partial charge < -0.3 is 15.4 Å². The lowest BCUT2D eigenvalue weighted by molar-refractivity contribution is -0.119. The van der Waals surface area contributed by atoms with E-state index in [-0.39, 0.29) is 11.3 Å². The summed E-state index contributed by atoms with van der Waals surface area (Å²) < 4.78 is 5.09. The van der Waals surface area contributed by atoms with Crippen molar-refractivity contribution in [1.29, 1.82) is 0 Å². The van der Waals surface area contributed by atoms with Gasteiger partial charge in [-0.25, -0.2) is 4.79 Å². The number of carbonyl (C=O) groups excluding carboxylic acids is 3. The van der Waals surface area contributed by atoms with Gasteiger partial charge in [0.05, 0.1) is 11.3 Å². The van der Waals surface area contributed by atoms with Crippen molar-refractivity contribution in [1.82, 2.24) is 0 Å². The molecular formula is C22H17ClN2O4. The molecule has 7 heteroatoms. The van der Waals surface area contributed by atoms with Crippen LogP contribution in [-0.4, -0.2) is 24.4 Å². The molecule has 2 amide bonds. The van der Waals surface area contributed by atoms with E-state index in [2.05, 4.69) is 10.6 Å². The van der Waals surface area contributed by atoms with E-state index in [1.165, 1.54) is 6.07 Å². The number of carbonyl (C=O) groups is 3. The van der Waals surface area contributed by atoms with Gasteiger partial charge in [0.15, 0.2) is 6.61 Å². The molecule has 0 unspecified atom stereocenters. The maximum atomic E-state index is 12.4. The van der Waals surface area contributed by atoms with Gasteiger partial charge in [0.25, 0.3) is 11.8 Å². The summed E-state index contributed by atoms with van der Waals surface area (Å²) in [5.74, 6) is -1.59. The van der Waals surface area contributed by atoms with Crippen LogP contribution in [0.3, 0.4) is 0 Å². The largest absolute Gasteiger partial charge is 0.452 e. The third-order valence-electron chi connectivity index (χ3n) is 3.89. The van der Waals surface area contributed by atoms with Crippen LogP contribution in [0.1, 0.15) is 20.7 Å². The van der Waals surface area contributed by atoms with E-state index in [1.54, 1.807) is 66.7 Å². The highest BCUT2D eigenvalue weighted by atomic mass is 35.5. The number of anilines is 2. The summed E-state index contributed by atoms with van der Waals surface area (Å²) >= 11 is 5.83. The van der Waals surface area contributed by atoms with Crippen molar-refractivity contribution >= 4 is 40.8 Å². The van der Waals surface area contributed by atoms with E-state index >= 15 is 0 Å². The number of rotatable bonds is 6. The van der Waals surface area contributed by atoms with Gasteiger partial charge >= 0.3 is 5.97 Å². The van der Waals surface area contributed by atoms with E-state index in [0.717, 1.165) is 0 Å². The molecule has 6 nitrogen and oxygen atoms in total. The van der Waals surface area contributed by atoms with Crippen molar-refractivity contribution in [3.8, 4) is 0 Å². The Morgan fingerprint density at radius 3 is 2.17 bits per heavy atom. The third kappa shape index (κ3) is 5.67.